The molecule has 14 heteroatoms. The highest BCUT2D eigenvalue weighted by atomic mass is 32.2. The summed E-state index contributed by atoms with van der Waals surface area (Å²) in [5.41, 5.74) is 0.816. The van der Waals surface area contributed by atoms with Gasteiger partial charge >= 0.3 is 6.03 Å². The Labute approximate surface area is 261 Å². The van der Waals surface area contributed by atoms with Crippen LogP contribution in [0.5, 0.6) is 23.0 Å². The Bertz CT molecular complexity index is 1670. The van der Waals surface area contributed by atoms with E-state index in [1.165, 1.54) is 35.5 Å². The van der Waals surface area contributed by atoms with Crippen molar-refractivity contribution >= 4 is 33.3 Å². The SMILES string of the molecule is COc1ccc(S(=O)(=O)N(C)C[C@@H]2Oc3c(NC(=O)Nc4ccc5c(c4)OCO5)cccc3C(=O)N([C@@H](C)CO)C[C@H]2C)cc1. The number of aliphatic hydroxyl groups excluding tert-OH is 1. The summed E-state index contributed by atoms with van der Waals surface area (Å²) in [4.78, 5) is 28.5. The molecule has 3 N–H and O–H groups in total. The van der Waals surface area contributed by atoms with Crippen LogP contribution in [0.3, 0.4) is 0 Å². The van der Waals surface area contributed by atoms with E-state index in [-0.39, 0.29) is 54.3 Å². The molecule has 0 aliphatic carbocycles. The van der Waals surface area contributed by atoms with E-state index in [0.717, 1.165) is 0 Å². The predicted octanol–water partition coefficient (Wildman–Crippen LogP) is 3.61. The van der Waals surface area contributed by atoms with Crippen LogP contribution in [0, 0.1) is 5.92 Å². The number of amides is 3. The summed E-state index contributed by atoms with van der Waals surface area (Å²) in [5.74, 6) is 0.908. The molecule has 0 aromatic heterocycles. The lowest BCUT2D eigenvalue weighted by molar-refractivity contribution is 0.0389. The number of likely N-dealkylation sites (N-methyl/N-ethyl adjacent to an activating group) is 1. The van der Waals surface area contributed by atoms with Gasteiger partial charge in [0, 0.05) is 31.3 Å². The molecule has 5 rings (SSSR count). The summed E-state index contributed by atoms with van der Waals surface area (Å²) >= 11 is 0. The van der Waals surface area contributed by atoms with E-state index < -0.39 is 34.1 Å². The number of nitrogens with one attached hydrogen (secondary N) is 2. The van der Waals surface area contributed by atoms with Crippen LogP contribution in [-0.4, -0.2) is 87.5 Å². The van der Waals surface area contributed by atoms with E-state index in [4.69, 9.17) is 18.9 Å². The number of benzene rings is 3. The molecule has 2 aliphatic heterocycles. The molecule has 0 spiro atoms. The summed E-state index contributed by atoms with van der Waals surface area (Å²) in [6.45, 7) is 3.51. The molecule has 0 saturated heterocycles. The van der Waals surface area contributed by atoms with Crippen LogP contribution in [0.4, 0.5) is 16.2 Å². The molecule has 3 aromatic rings. The van der Waals surface area contributed by atoms with Gasteiger partial charge in [0.25, 0.3) is 5.91 Å². The van der Waals surface area contributed by atoms with Crippen molar-refractivity contribution in [3.05, 3.63) is 66.2 Å². The van der Waals surface area contributed by atoms with Gasteiger partial charge in [-0.1, -0.05) is 13.0 Å². The Morgan fingerprint density at radius 2 is 1.84 bits per heavy atom. The van der Waals surface area contributed by atoms with Crippen LogP contribution < -0.4 is 29.6 Å². The van der Waals surface area contributed by atoms with Crippen LogP contribution in [0.15, 0.2) is 65.6 Å². The lowest BCUT2D eigenvalue weighted by atomic mass is 9.99. The second kappa shape index (κ2) is 13.2. The Morgan fingerprint density at radius 1 is 1.11 bits per heavy atom. The Hall–Kier alpha value is -4.53. The first-order valence-electron chi connectivity index (χ1n) is 14.3. The van der Waals surface area contributed by atoms with Crippen molar-refractivity contribution in [2.24, 2.45) is 5.92 Å². The Morgan fingerprint density at radius 3 is 2.56 bits per heavy atom. The van der Waals surface area contributed by atoms with Crippen molar-refractivity contribution in [1.29, 1.82) is 0 Å². The van der Waals surface area contributed by atoms with Gasteiger partial charge < -0.3 is 39.6 Å². The maximum atomic E-state index is 13.8. The van der Waals surface area contributed by atoms with Crippen molar-refractivity contribution in [2.45, 2.75) is 30.9 Å². The van der Waals surface area contributed by atoms with E-state index in [0.29, 0.717) is 22.9 Å². The van der Waals surface area contributed by atoms with E-state index >= 15 is 0 Å². The molecule has 240 valence electrons. The summed E-state index contributed by atoms with van der Waals surface area (Å²) in [7, 11) is -0.968. The summed E-state index contributed by atoms with van der Waals surface area (Å²) < 4.78 is 50.5. The number of carbonyl (C=O) groups is 2. The Balaban J connectivity index is 1.44. The average molecular weight is 641 g/mol. The van der Waals surface area contributed by atoms with Crippen LogP contribution in [0.2, 0.25) is 0 Å². The van der Waals surface area contributed by atoms with Gasteiger partial charge in [0.05, 0.1) is 42.4 Å². The fourth-order valence-corrected chi connectivity index (χ4v) is 6.28. The van der Waals surface area contributed by atoms with Gasteiger partial charge in [-0.25, -0.2) is 13.2 Å². The average Bonchev–Trinajstić information content (AvgIpc) is 3.50. The van der Waals surface area contributed by atoms with E-state index in [1.807, 2.05) is 6.92 Å². The molecule has 0 saturated carbocycles. The standard InChI is InChI=1S/C31H36N4O9S/c1-19-15-35(20(2)17-36)30(37)24-6-5-7-25(33-31(38)32-21-8-13-26-27(14-21)43-18-42-26)29(24)44-28(19)16-34(3)45(39,40)23-11-9-22(41-4)10-12-23/h5-14,19-20,28,36H,15-18H2,1-4H3,(H2,32,33,38)/t19-,20+,28+/m1/s1. The third kappa shape index (κ3) is 6.77. The van der Waals surface area contributed by atoms with Crippen molar-refractivity contribution in [2.75, 3.05) is 51.3 Å². The molecule has 3 amide bonds. The number of ether oxygens (including phenoxy) is 4. The number of carbonyl (C=O) groups excluding carboxylic acids is 2. The molecule has 2 aliphatic rings. The number of rotatable bonds is 9. The highest BCUT2D eigenvalue weighted by molar-refractivity contribution is 7.89. The molecule has 0 unspecified atom stereocenters. The number of fused-ring (bicyclic) bond motifs is 2. The molecular formula is C31H36N4O9S. The highest BCUT2D eigenvalue weighted by Gasteiger charge is 2.36. The third-order valence-corrected chi connectivity index (χ3v) is 9.61. The van der Waals surface area contributed by atoms with Gasteiger partial charge in [-0.15, -0.1) is 0 Å². The number of methoxy groups -OCH3 is 1. The smallest absolute Gasteiger partial charge is 0.323 e. The predicted molar refractivity (Wildman–Crippen MR) is 166 cm³/mol. The summed E-state index contributed by atoms with van der Waals surface area (Å²) in [5, 5.41) is 15.4. The quantitative estimate of drug-likeness (QED) is 0.318. The fraction of sp³-hybridized carbons (Fsp3) is 0.355. The molecule has 45 heavy (non-hydrogen) atoms. The minimum atomic E-state index is -3.92. The fourth-order valence-electron chi connectivity index (χ4n) is 5.10. The zero-order valence-corrected chi connectivity index (χ0v) is 26.2. The number of hydrogen-bond donors (Lipinski definition) is 3. The molecular weight excluding hydrogens is 604 g/mol. The van der Waals surface area contributed by atoms with Crippen molar-refractivity contribution in [3.63, 3.8) is 0 Å². The number of anilines is 2. The number of hydrogen-bond acceptors (Lipinski definition) is 9. The molecule has 0 bridgehead atoms. The number of nitrogens with zero attached hydrogens (tertiary/aromatic N) is 2. The van der Waals surface area contributed by atoms with Crippen LogP contribution >= 0.6 is 0 Å². The van der Waals surface area contributed by atoms with Crippen LogP contribution in [-0.2, 0) is 10.0 Å². The van der Waals surface area contributed by atoms with E-state index in [2.05, 4.69) is 10.6 Å². The minimum Gasteiger partial charge on any atom is -0.497 e. The maximum Gasteiger partial charge on any atom is 0.323 e. The van der Waals surface area contributed by atoms with Crippen molar-refractivity contribution in [3.8, 4) is 23.0 Å². The molecule has 2 heterocycles. The first-order valence-corrected chi connectivity index (χ1v) is 15.8. The van der Waals surface area contributed by atoms with Gasteiger partial charge in [-0.3, -0.25) is 4.79 Å². The zero-order chi connectivity index (χ0) is 32.3. The molecule has 3 atom stereocenters. The first-order chi connectivity index (χ1) is 21.5. The first kappa shape index (κ1) is 31.9. The zero-order valence-electron chi connectivity index (χ0n) is 25.3. The second-order valence-electron chi connectivity index (χ2n) is 10.9. The number of para-hydroxylation sites is 1. The van der Waals surface area contributed by atoms with Crippen molar-refractivity contribution in [1.82, 2.24) is 9.21 Å². The summed E-state index contributed by atoms with van der Waals surface area (Å²) in [6, 6.07) is 14.7. The molecule has 13 nitrogen and oxygen atoms in total. The minimum absolute atomic E-state index is 0.0672. The van der Waals surface area contributed by atoms with Crippen LogP contribution in [0.1, 0.15) is 24.2 Å². The number of sulfonamides is 1. The highest BCUT2D eigenvalue weighted by Crippen LogP contribution is 2.37. The topological polar surface area (TPSA) is 156 Å². The van der Waals surface area contributed by atoms with Crippen LogP contribution in [0.25, 0.3) is 0 Å². The van der Waals surface area contributed by atoms with E-state index in [9.17, 15) is 23.1 Å². The van der Waals surface area contributed by atoms with Gasteiger partial charge in [0.1, 0.15) is 11.9 Å². The van der Waals surface area contributed by atoms with Gasteiger partial charge in [0.2, 0.25) is 16.8 Å². The second-order valence-corrected chi connectivity index (χ2v) is 13.0. The monoisotopic (exact) mass is 640 g/mol. The molecule has 0 radical (unpaired) electrons. The normalized spacial score (nSPS) is 18.4. The van der Waals surface area contributed by atoms with E-state index in [1.54, 1.807) is 55.5 Å². The van der Waals surface area contributed by atoms with Gasteiger partial charge in [-0.05, 0) is 55.5 Å². The lowest BCUT2D eigenvalue weighted by Crippen LogP contribution is -2.50. The summed E-state index contributed by atoms with van der Waals surface area (Å²) in [6.07, 6.45) is -0.747. The number of urea groups is 1. The van der Waals surface area contributed by atoms with Gasteiger partial charge in [-0.2, -0.15) is 4.31 Å². The van der Waals surface area contributed by atoms with Crippen molar-refractivity contribution < 1.29 is 42.1 Å². The number of aliphatic hydroxyl groups is 1. The third-order valence-electron chi connectivity index (χ3n) is 7.77. The lowest BCUT2D eigenvalue weighted by Gasteiger charge is -2.38. The largest absolute Gasteiger partial charge is 0.497 e. The van der Waals surface area contributed by atoms with Gasteiger partial charge in [0.15, 0.2) is 17.2 Å². The Kier molecular flexibility index (Phi) is 9.37. The molecule has 0 fully saturated rings. The maximum absolute atomic E-state index is 13.8. The molecule has 3 aromatic carbocycles.